The van der Waals surface area contributed by atoms with Gasteiger partial charge in [-0.1, -0.05) is 41.9 Å². The summed E-state index contributed by atoms with van der Waals surface area (Å²) >= 11 is 6.11. The van der Waals surface area contributed by atoms with Crippen LogP contribution in [0.2, 0.25) is 5.15 Å². The van der Waals surface area contributed by atoms with Crippen molar-refractivity contribution in [2.45, 2.75) is 25.5 Å². The van der Waals surface area contributed by atoms with Crippen molar-refractivity contribution in [2.75, 3.05) is 11.9 Å². The average Bonchev–Trinajstić information content (AvgIpc) is 3.51. The minimum atomic E-state index is 0.0424. The summed E-state index contributed by atoms with van der Waals surface area (Å²) < 4.78 is 9.58. The zero-order chi connectivity index (χ0) is 22.9. The van der Waals surface area contributed by atoms with Gasteiger partial charge in [-0.05, 0) is 61.2 Å². The summed E-state index contributed by atoms with van der Waals surface area (Å²) in [5.74, 6) is 1.43. The Bertz CT molecular complexity index is 1440. The number of halogens is 1. The van der Waals surface area contributed by atoms with E-state index in [4.69, 9.17) is 21.4 Å². The van der Waals surface area contributed by atoms with Gasteiger partial charge in [0.05, 0.1) is 11.7 Å². The van der Waals surface area contributed by atoms with E-state index in [1.165, 1.54) is 6.42 Å². The molecule has 8 heteroatoms. The Labute approximate surface area is 202 Å². The molecule has 1 unspecified atom stereocenters. The van der Waals surface area contributed by atoms with E-state index in [1.807, 2.05) is 47.3 Å². The number of hydrogen-bond acceptors (Lipinski definition) is 5. The number of hydrogen-bond donors (Lipinski definition) is 1. The van der Waals surface area contributed by atoms with Crippen LogP contribution in [0, 0.1) is 0 Å². The lowest BCUT2D eigenvalue weighted by Crippen LogP contribution is -2.18. The molecule has 1 fully saturated rings. The van der Waals surface area contributed by atoms with E-state index >= 15 is 0 Å². The van der Waals surface area contributed by atoms with Crippen molar-refractivity contribution in [3.63, 3.8) is 0 Å². The maximum absolute atomic E-state index is 6.11. The van der Waals surface area contributed by atoms with Gasteiger partial charge >= 0.3 is 0 Å². The highest BCUT2D eigenvalue weighted by Gasteiger charge is 2.17. The number of rotatable bonds is 5. The topological polar surface area (TPSA) is 69.8 Å². The van der Waals surface area contributed by atoms with Gasteiger partial charge in [-0.25, -0.2) is 14.3 Å². The molecular formula is C26H23ClN6O. The van der Waals surface area contributed by atoms with E-state index in [-0.39, 0.29) is 6.23 Å². The van der Waals surface area contributed by atoms with E-state index in [0.29, 0.717) is 11.0 Å². The average molecular weight is 471 g/mol. The summed E-state index contributed by atoms with van der Waals surface area (Å²) in [6.07, 6.45) is 7.31. The molecule has 1 saturated heterocycles. The number of aromatic nitrogens is 5. The lowest BCUT2D eigenvalue weighted by Gasteiger charge is -2.22. The number of benzene rings is 2. The summed E-state index contributed by atoms with van der Waals surface area (Å²) in [6.45, 7) is 0.804. The number of pyridine rings is 1. The minimum Gasteiger partial charge on any atom is -0.357 e. The summed E-state index contributed by atoms with van der Waals surface area (Å²) in [5.41, 5.74) is 4.07. The van der Waals surface area contributed by atoms with Crippen LogP contribution >= 0.6 is 11.6 Å². The maximum Gasteiger partial charge on any atom is 0.160 e. The van der Waals surface area contributed by atoms with Crippen LogP contribution in [0.1, 0.15) is 25.5 Å². The monoisotopic (exact) mass is 470 g/mol. The summed E-state index contributed by atoms with van der Waals surface area (Å²) in [4.78, 5) is 4.42. The fraction of sp³-hybridized carbons (Fsp3) is 0.192. The van der Waals surface area contributed by atoms with Crippen molar-refractivity contribution in [1.29, 1.82) is 0 Å². The number of nitrogens with zero attached hydrogens (tertiary/aromatic N) is 5. The van der Waals surface area contributed by atoms with Gasteiger partial charge in [-0.3, -0.25) is 0 Å². The van der Waals surface area contributed by atoms with Gasteiger partial charge in [0.2, 0.25) is 0 Å². The van der Waals surface area contributed by atoms with Crippen molar-refractivity contribution in [2.24, 2.45) is 0 Å². The number of anilines is 2. The molecule has 6 rings (SSSR count). The van der Waals surface area contributed by atoms with Crippen molar-refractivity contribution < 1.29 is 4.74 Å². The van der Waals surface area contributed by atoms with E-state index < -0.39 is 0 Å². The van der Waals surface area contributed by atoms with Crippen LogP contribution in [-0.2, 0) is 4.74 Å². The zero-order valence-electron chi connectivity index (χ0n) is 18.4. The first kappa shape index (κ1) is 20.9. The SMILES string of the molecule is Clc1cccc(-n2nc(Nc3ccc(-c4cnn(C5CCCCO5)c4)cc3)c3ccccc32)n1. The van der Waals surface area contributed by atoms with Crippen LogP contribution in [0.15, 0.2) is 79.1 Å². The maximum atomic E-state index is 6.11. The minimum absolute atomic E-state index is 0.0424. The lowest BCUT2D eigenvalue weighted by molar-refractivity contribution is -0.0394. The molecule has 34 heavy (non-hydrogen) atoms. The van der Waals surface area contributed by atoms with Crippen LogP contribution in [0.25, 0.3) is 27.8 Å². The first-order valence-electron chi connectivity index (χ1n) is 11.4. The van der Waals surface area contributed by atoms with Crippen molar-refractivity contribution in [3.05, 3.63) is 84.3 Å². The van der Waals surface area contributed by atoms with Gasteiger partial charge in [0.1, 0.15) is 11.4 Å². The molecule has 1 aliphatic rings. The second-order valence-electron chi connectivity index (χ2n) is 8.33. The van der Waals surface area contributed by atoms with E-state index in [9.17, 15) is 0 Å². The van der Waals surface area contributed by atoms with Gasteiger partial charge in [0.25, 0.3) is 0 Å². The molecule has 4 heterocycles. The molecule has 7 nitrogen and oxygen atoms in total. The highest BCUT2D eigenvalue weighted by molar-refractivity contribution is 6.29. The van der Waals surface area contributed by atoms with E-state index in [2.05, 4.69) is 45.9 Å². The Morgan fingerprint density at radius 1 is 0.941 bits per heavy atom. The van der Waals surface area contributed by atoms with Crippen LogP contribution in [0.3, 0.4) is 0 Å². The van der Waals surface area contributed by atoms with Crippen LogP contribution < -0.4 is 5.32 Å². The molecule has 0 spiro atoms. The van der Waals surface area contributed by atoms with Crippen molar-refractivity contribution in [3.8, 4) is 16.9 Å². The Morgan fingerprint density at radius 2 is 1.82 bits per heavy atom. The highest BCUT2D eigenvalue weighted by atomic mass is 35.5. The number of para-hydroxylation sites is 1. The van der Waals surface area contributed by atoms with Crippen molar-refractivity contribution in [1.82, 2.24) is 24.5 Å². The van der Waals surface area contributed by atoms with Gasteiger partial charge in [0, 0.05) is 29.4 Å². The number of nitrogens with one attached hydrogen (secondary N) is 1. The third-order valence-electron chi connectivity index (χ3n) is 6.04. The second-order valence-corrected chi connectivity index (χ2v) is 8.72. The molecule has 2 aromatic carbocycles. The first-order chi connectivity index (χ1) is 16.7. The van der Waals surface area contributed by atoms with Gasteiger partial charge < -0.3 is 10.1 Å². The predicted octanol–water partition coefficient (Wildman–Crippen LogP) is 6.38. The quantitative estimate of drug-likeness (QED) is 0.302. The first-order valence-corrected chi connectivity index (χ1v) is 11.8. The molecule has 1 aliphatic heterocycles. The molecule has 0 radical (unpaired) electrons. The fourth-order valence-electron chi connectivity index (χ4n) is 4.31. The molecule has 170 valence electrons. The summed E-state index contributed by atoms with van der Waals surface area (Å²) in [7, 11) is 0. The zero-order valence-corrected chi connectivity index (χ0v) is 19.2. The van der Waals surface area contributed by atoms with Crippen LogP contribution in [0.4, 0.5) is 11.5 Å². The van der Waals surface area contributed by atoms with Gasteiger partial charge in [-0.15, -0.1) is 5.10 Å². The van der Waals surface area contributed by atoms with E-state index in [0.717, 1.165) is 53.0 Å². The molecule has 0 saturated carbocycles. The molecule has 5 aromatic rings. The third kappa shape index (κ3) is 4.04. The van der Waals surface area contributed by atoms with Crippen molar-refractivity contribution >= 4 is 34.0 Å². The Hall–Kier alpha value is -3.68. The molecule has 0 bridgehead atoms. The highest BCUT2D eigenvalue weighted by Crippen LogP contribution is 2.30. The van der Waals surface area contributed by atoms with Crippen LogP contribution in [0.5, 0.6) is 0 Å². The molecule has 0 amide bonds. The van der Waals surface area contributed by atoms with Gasteiger partial charge in [-0.2, -0.15) is 5.10 Å². The summed E-state index contributed by atoms with van der Waals surface area (Å²) in [6, 6.07) is 21.8. The predicted molar refractivity (Wildman–Crippen MR) is 134 cm³/mol. The molecular weight excluding hydrogens is 448 g/mol. The molecule has 1 N–H and O–H groups in total. The standard InChI is InChI=1S/C26H23ClN6O/c27-23-8-5-9-24(30-23)33-22-7-2-1-6-21(22)26(31-33)29-20-13-11-18(12-14-20)19-16-28-32(17-19)25-10-3-4-15-34-25/h1-2,5-9,11-14,16-17,25H,3-4,10,15H2,(H,29,31). The number of fused-ring (bicyclic) bond motifs is 1. The van der Waals surface area contributed by atoms with E-state index in [1.54, 1.807) is 10.7 Å². The Morgan fingerprint density at radius 3 is 2.65 bits per heavy atom. The smallest absolute Gasteiger partial charge is 0.160 e. The fourth-order valence-corrected chi connectivity index (χ4v) is 4.47. The normalized spacial score (nSPS) is 16.1. The largest absolute Gasteiger partial charge is 0.357 e. The Balaban J connectivity index is 1.26. The number of ether oxygens (including phenoxy) is 1. The molecule has 0 aliphatic carbocycles. The van der Waals surface area contributed by atoms with Crippen LogP contribution in [-0.4, -0.2) is 31.2 Å². The third-order valence-corrected chi connectivity index (χ3v) is 6.25. The Kier molecular flexibility index (Phi) is 5.49. The molecule has 1 atom stereocenters. The lowest BCUT2D eigenvalue weighted by atomic mass is 10.1. The van der Waals surface area contributed by atoms with Gasteiger partial charge in [0.15, 0.2) is 11.6 Å². The second kappa shape index (κ2) is 8.93. The summed E-state index contributed by atoms with van der Waals surface area (Å²) in [5, 5.41) is 14.2. The molecule has 3 aromatic heterocycles.